The first kappa shape index (κ1) is 16.8. The molecule has 0 aliphatic carbocycles. The Morgan fingerprint density at radius 3 is 2.32 bits per heavy atom. The molecule has 1 aliphatic heterocycles. The van der Waals surface area contributed by atoms with E-state index in [1.165, 1.54) is 12.1 Å². The monoisotopic (exact) mass is 312 g/mol. The Labute approximate surface area is 129 Å². The van der Waals surface area contributed by atoms with E-state index in [0.29, 0.717) is 31.7 Å². The summed E-state index contributed by atoms with van der Waals surface area (Å²) in [5, 5.41) is 9.06. The van der Waals surface area contributed by atoms with E-state index in [1.807, 2.05) is 11.8 Å². The van der Waals surface area contributed by atoms with Crippen molar-refractivity contribution in [3.05, 3.63) is 35.4 Å². The van der Waals surface area contributed by atoms with E-state index in [9.17, 15) is 13.6 Å². The van der Waals surface area contributed by atoms with Crippen molar-refractivity contribution in [1.82, 2.24) is 9.80 Å². The second-order valence-corrected chi connectivity index (χ2v) is 5.68. The van der Waals surface area contributed by atoms with Gasteiger partial charge in [-0.3, -0.25) is 14.6 Å². The highest BCUT2D eigenvalue weighted by atomic mass is 19.1. The van der Waals surface area contributed by atoms with Gasteiger partial charge in [0.15, 0.2) is 0 Å². The zero-order chi connectivity index (χ0) is 16.3. The third kappa shape index (κ3) is 3.62. The van der Waals surface area contributed by atoms with Gasteiger partial charge in [0.25, 0.3) is 0 Å². The van der Waals surface area contributed by atoms with Gasteiger partial charge in [0, 0.05) is 43.9 Å². The molecule has 4 nitrogen and oxygen atoms in total. The van der Waals surface area contributed by atoms with Crippen molar-refractivity contribution < 1.29 is 18.7 Å². The average Bonchev–Trinajstić information content (AvgIpc) is 2.50. The zero-order valence-corrected chi connectivity index (χ0v) is 12.9. The molecule has 1 aliphatic rings. The largest absolute Gasteiger partial charge is 0.480 e. The highest BCUT2D eigenvalue weighted by molar-refractivity contribution is 5.72. The number of rotatable bonds is 5. The summed E-state index contributed by atoms with van der Waals surface area (Å²) in [5.74, 6) is -1.92. The molecule has 1 aromatic carbocycles. The van der Waals surface area contributed by atoms with Gasteiger partial charge in [-0.1, -0.05) is 13.0 Å². The molecule has 0 saturated carbocycles. The smallest absolute Gasteiger partial charge is 0.320 e. The minimum atomic E-state index is -0.829. The van der Waals surface area contributed by atoms with Gasteiger partial charge in [0.2, 0.25) is 0 Å². The first-order chi connectivity index (χ1) is 10.4. The summed E-state index contributed by atoms with van der Waals surface area (Å²) in [5.41, 5.74) is 0.503. The maximum atomic E-state index is 14.0. The number of nitrogens with zero attached hydrogens (tertiary/aromatic N) is 2. The van der Waals surface area contributed by atoms with E-state index < -0.39 is 23.6 Å². The Morgan fingerprint density at radius 2 is 1.82 bits per heavy atom. The van der Waals surface area contributed by atoms with Crippen molar-refractivity contribution in [3.63, 3.8) is 0 Å². The SMILES string of the molecule is CC[C@H](c1ccc(F)cc1F)N1CCN([C@H](C)C(=O)O)CC1. The molecular formula is C16H22F2N2O2. The van der Waals surface area contributed by atoms with Crippen LogP contribution in [-0.4, -0.2) is 53.1 Å². The number of carboxylic acid groups (broad SMARTS) is 1. The fourth-order valence-electron chi connectivity index (χ4n) is 3.04. The number of hydrogen-bond acceptors (Lipinski definition) is 3. The maximum Gasteiger partial charge on any atom is 0.320 e. The number of aliphatic carboxylic acids is 1. The quantitative estimate of drug-likeness (QED) is 0.907. The fourth-order valence-corrected chi connectivity index (χ4v) is 3.04. The van der Waals surface area contributed by atoms with Gasteiger partial charge in [0.05, 0.1) is 0 Å². The lowest BCUT2D eigenvalue weighted by molar-refractivity contribution is -0.143. The van der Waals surface area contributed by atoms with E-state index >= 15 is 0 Å². The Hall–Kier alpha value is -1.53. The van der Waals surface area contributed by atoms with Crippen molar-refractivity contribution in [1.29, 1.82) is 0 Å². The molecule has 1 saturated heterocycles. The first-order valence-corrected chi connectivity index (χ1v) is 7.60. The molecule has 1 N–H and O–H groups in total. The molecule has 1 fully saturated rings. The molecule has 1 aromatic rings. The molecule has 1 heterocycles. The van der Waals surface area contributed by atoms with Crippen molar-refractivity contribution in [2.75, 3.05) is 26.2 Å². The normalized spacial score (nSPS) is 19.8. The Kier molecular flexibility index (Phi) is 5.47. The van der Waals surface area contributed by atoms with Gasteiger partial charge in [-0.25, -0.2) is 8.78 Å². The summed E-state index contributed by atoms with van der Waals surface area (Å²) in [6.45, 7) is 6.26. The van der Waals surface area contributed by atoms with Crippen LogP contribution in [-0.2, 0) is 4.79 Å². The topological polar surface area (TPSA) is 43.8 Å². The second kappa shape index (κ2) is 7.15. The summed E-state index contributed by atoms with van der Waals surface area (Å²) < 4.78 is 27.1. The Balaban J connectivity index is 2.06. The van der Waals surface area contributed by atoms with Crippen LogP contribution in [0, 0.1) is 11.6 Å². The number of hydrogen-bond donors (Lipinski definition) is 1. The van der Waals surface area contributed by atoms with Crippen LogP contribution in [0.4, 0.5) is 8.78 Å². The van der Waals surface area contributed by atoms with E-state index in [1.54, 1.807) is 6.92 Å². The van der Waals surface area contributed by atoms with Crippen LogP contribution in [0.3, 0.4) is 0 Å². The van der Waals surface area contributed by atoms with Crippen LogP contribution in [0.1, 0.15) is 31.9 Å². The lowest BCUT2D eigenvalue weighted by atomic mass is 10.0. The van der Waals surface area contributed by atoms with Crippen molar-refractivity contribution in [2.24, 2.45) is 0 Å². The molecule has 0 unspecified atom stereocenters. The van der Waals surface area contributed by atoms with Crippen molar-refractivity contribution >= 4 is 5.97 Å². The molecule has 0 bridgehead atoms. The lowest BCUT2D eigenvalue weighted by Crippen LogP contribution is -2.52. The molecule has 0 spiro atoms. The summed E-state index contributed by atoms with van der Waals surface area (Å²) in [6.07, 6.45) is 0.719. The molecule has 0 aromatic heterocycles. The van der Waals surface area contributed by atoms with Crippen LogP contribution in [0.15, 0.2) is 18.2 Å². The van der Waals surface area contributed by atoms with Crippen LogP contribution in [0.2, 0.25) is 0 Å². The number of halogens is 2. The zero-order valence-electron chi connectivity index (χ0n) is 12.9. The minimum absolute atomic E-state index is 0.108. The molecule has 122 valence electrons. The highest BCUT2D eigenvalue weighted by Gasteiger charge is 2.29. The fraction of sp³-hybridized carbons (Fsp3) is 0.562. The second-order valence-electron chi connectivity index (χ2n) is 5.68. The molecule has 22 heavy (non-hydrogen) atoms. The highest BCUT2D eigenvalue weighted by Crippen LogP contribution is 2.28. The average molecular weight is 312 g/mol. The van der Waals surface area contributed by atoms with Gasteiger partial charge in [-0.2, -0.15) is 0 Å². The third-order valence-corrected chi connectivity index (χ3v) is 4.40. The maximum absolute atomic E-state index is 14.0. The first-order valence-electron chi connectivity index (χ1n) is 7.60. The van der Waals surface area contributed by atoms with Gasteiger partial charge < -0.3 is 5.11 Å². The number of carbonyl (C=O) groups is 1. The summed E-state index contributed by atoms with van der Waals surface area (Å²) in [7, 11) is 0. The molecule has 6 heteroatoms. The van der Waals surface area contributed by atoms with Crippen molar-refractivity contribution in [2.45, 2.75) is 32.4 Å². The standard InChI is InChI=1S/C16H22F2N2O2/c1-3-15(13-5-4-12(17)10-14(13)18)20-8-6-19(7-9-20)11(2)16(21)22/h4-5,10-11,15H,3,6-9H2,1-2H3,(H,21,22)/t11-,15-/m1/s1. The summed E-state index contributed by atoms with van der Waals surface area (Å²) >= 11 is 0. The van der Waals surface area contributed by atoms with Crippen molar-refractivity contribution in [3.8, 4) is 0 Å². The van der Waals surface area contributed by atoms with Crippen LogP contribution in [0.25, 0.3) is 0 Å². The van der Waals surface area contributed by atoms with Crippen LogP contribution < -0.4 is 0 Å². The predicted octanol–water partition coefficient (Wildman–Crippen LogP) is 2.51. The molecular weight excluding hydrogens is 290 g/mol. The van der Waals surface area contributed by atoms with Crippen LogP contribution >= 0.6 is 0 Å². The molecule has 0 radical (unpaired) electrons. The van der Waals surface area contributed by atoms with E-state index in [2.05, 4.69) is 4.90 Å². The van der Waals surface area contributed by atoms with Gasteiger partial charge in [-0.15, -0.1) is 0 Å². The Morgan fingerprint density at radius 1 is 1.23 bits per heavy atom. The Bertz CT molecular complexity index is 531. The van der Waals surface area contributed by atoms with E-state index in [4.69, 9.17) is 5.11 Å². The predicted molar refractivity (Wildman–Crippen MR) is 79.6 cm³/mol. The minimum Gasteiger partial charge on any atom is -0.480 e. The summed E-state index contributed by atoms with van der Waals surface area (Å²) in [6, 6.07) is 3.09. The van der Waals surface area contributed by atoms with Gasteiger partial charge in [0.1, 0.15) is 17.7 Å². The summed E-state index contributed by atoms with van der Waals surface area (Å²) in [4.78, 5) is 15.1. The number of benzene rings is 1. The molecule has 2 rings (SSSR count). The third-order valence-electron chi connectivity index (χ3n) is 4.40. The van der Waals surface area contributed by atoms with Gasteiger partial charge >= 0.3 is 5.97 Å². The lowest BCUT2D eigenvalue weighted by Gasteiger charge is -2.40. The van der Waals surface area contributed by atoms with Crippen LogP contribution in [0.5, 0.6) is 0 Å². The molecule has 2 atom stereocenters. The van der Waals surface area contributed by atoms with Gasteiger partial charge in [-0.05, 0) is 19.4 Å². The van der Waals surface area contributed by atoms with E-state index in [0.717, 1.165) is 12.5 Å². The van der Waals surface area contributed by atoms with E-state index in [-0.39, 0.29) is 6.04 Å². The molecule has 0 amide bonds. The number of carboxylic acids is 1. The number of piperazine rings is 1.